The Kier molecular flexibility index (Phi) is 8.41. The minimum absolute atomic E-state index is 0.115. The summed E-state index contributed by atoms with van der Waals surface area (Å²) in [6.45, 7) is 0.343. The largest absolute Gasteiger partial charge is 0.497 e. The molecule has 43 heavy (non-hydrogen) atoms. The number of amides is 2. The van der Waals surface area contributed by atoms with Crippen LogP contribution in [0.3, 0.4) is 0 Å². The number of ether oxygens (including phenoxy) is 1. The van der Waals surface area contributed by atoms with Gasteiger partial charge in [-0.15, -0.1) is 0 Å². The lowest BCUT2D eigenvalue weighted by atomic mass is 10.1. The molecule has 5 aromatic rings. The van der Waals surface area contributed by atoms with E-state index in [2.05, 4.69) is 20.3 Å². The summed E-state index contributed by atoms with van der Waals surface area (Å²) in [6.07, 6.45) is 2.61. The Morgan fingerprint density at radius 2 is 1.74 bits per heavy atom. The van der Waals surface area contributed by atoms with Crippen molar-refractivity contribution in [3.63, 3.8) is 0 Å². The van der Waals surface area contributed by atoms with E-state index in [0.717, 1.165) is 22.3 Å². The van der Waals surface area contributed by atoms with E-state index in [-0.39, 0.29) is 11.5 Å². The third-order valence-corrected chi connectivity index (χ3v) is 7.02. The number of aromatic amines is 1. The average molecular weight is 601 g/mol. The Hall–Kier alpha value is -5.20. The van der Waals surface area contributed by atoms with Crippen molar-refractivity contribution in [2.45, 2.75) is 6.54 Å². The molecule has 220 valence electrons. The molecule has 0 saturated carbocycles. The highest BCUT2D eigenvalue weighted by molar-refractivity contribution is 6.33. The monoisotopic (exact) mass is 600 g/mol. The lowest BCUT2D eigenvalue weighted by Gasteiger charge is -2.18. The Morgan fingerprint density at radius 1 is 0.977 bits per heavy atom. The third-order valence-electron chi connectivity index (χ3n) is 6.69. The number of carbonyl (C=O) groups excluding carboxylic acids is 2. The highest BCUT2D eigenvalue weighted by atomic mass is 35.5. The molecule has 2 amide bonds. The first-order valence-electron chi connectivity index (χ1n) is 13.1. The van der Waals surface area contributed by atoms with Crippen LogP contribution in [0.2, 0.25) is 5.02 Å². The number of imidazole rings is 1. The van der Waals surface area contributed by atoms with Crippen molar-refractivity contribution in [1.82, 2.24) is 25.4 Å². The van der Waals surface area contributed by atoms with Crippen LogP contribution in [0, 0.1) is 0 Å². The second-order valence-electron chi connectivity index (χ2n) is 9.97. The van der Waals surface area contributed by atoms with Gasteiger partial charge in [0, 0.05) is 62.6 Å². The minimum atomic E-state index is -0.707. The van der Waals surface area contributed by atoms with Gasteiger partial charge in [0.2, 0.25) is 5.95 Å². The summed E-state index contributed by atoms with van der Waals surface area (Å²) in [5.41, 5.74) is 6.71. The Balaban J connectivity index is 1.36. The van der Waals surface area contributed by atoms with Crippen LogP contribution in [0.1, 0.15) is 26.3 Å². The van der Waals surface area contributed by atoms with Gasteiger partial charge in [0.1, 0.15) is 11.6 Å². The normalized spacial score (nSPS) is 10.8. The number of fused-ring (bicyclic) bond motifs is 1. The number of hydrogen-bond acceptors (Lipinski definition) is 9. The predicted molar refractivity (Wildman–Crippen MR) is 165 cm³/mol. The van der Waals surface area contributed by atoms with Gasteiger partial charge < -0.3 is 24.8 Å². The first-order chi connectivity index (χ1) is 20.6. The van der Waals surface area contributed by atoms with E-state index >= 15 is 0 Å². The number of H-pyrrole nitrogens is 1. The molecule has 5 rings (SSSR count). The highest BCUT2D eigenvalue weighted by Gasteiger charge is 2.16. The quantitative estimate of drug-likeness (QED) is 0.139. The zero-order valence-corrected chi connectivity index (χ0v) is 24.6. The molecule has 4 N–H and O–H groups in total. The van der Waals surface area contributed by atoms with Crippen LogP contribution in [0.4, 0.5) is 17.3 Å². The van der Waals surface area contributed by atoms with Gasteiger partial charge in [-0.1, -0.05) is 11.6 Å². The zero-order valence-electron chi connectivity index (χ0n) is 23.8. The number of rotatable bonds is 9. The summed E-state index contributed by atoms with van der Waals surface area (Å²) >= 11 is 6.54. The van der Waals surface area contributed by atoms with E-state index in [1.807, 2.05) is 43.3 Å². The summed E-state index contributed by atoms with van der Waals surface area (Å²) < 4.78 is 5.45. The van der Waals surface area contributed by atoms with Gasteiger partial charge in [-0.3, -0.25) is 14.8 Å². The van der Waals surface area contributed by atoms with Crippen LogP contribution >= 0.6 is 11.6 Å². The molecule has 0 radical (unpaired) electrons. The first-order valence-corrected chi connectivity index (χ1v) is 13.5. The predicted octanol–water partition coefficient (Wildman–Crippen LogP) is 4.76. The van der Waals surface area contributed by atoms with Crippen molar-refractivity contribution in [2.24, 2.45) is 0 Å². The maximum atomic E-state index is 13.4. The topological polar surface area (TPSA) is 149 Å². The molecule has 0 aliphatic rings. The van der Waals surface area contributed by atoms with Crippen LogP contribution in [0.15, 0.2) is 67.0 Å². The summed E-state index contributed by atoms with van der Waals surface area (Å²) in [6, 6.07) is 16.4. The fourth-order valence-corrected chi connectivity index (χ4v) is 4.64. The number of hydroxylamine groups is 1. The fourth-order valence-electron chi connectivity index (χ4n) is 4.43. The first kappa shape index (κ1) is 29.3. The molecule has 2 aromatic heterocycles. The molecule has 3 aromatic carbocycles. The van der Waals surface area contributed by atoms with E-state index in [1.165, 1.54) is 19.5 Å². The van der Waals surface area contributed by atoms with E-state index in [0.29, 0.717) is 45.9 Å². The van der Waals surface area contributed by atoms with E-state index in [4.69, 9.17) is 26.5 Å². The van der Waals surface area contributed by atoms with Crippen molar-refractivity contribution < 1.29 is 19.5 Å². The lowest BCUT2D eigenvalue weighted by Crippen LogP contribution is -2.22. The Morgan fingerprint density at radius 3 is 2.44 bits per heavy atom. The van der Waals surface area contributed by atoms with Gasteiger partial charge in [-0.05, 0) is 60.2 Å². The molecular weight excluding hydrogens is 572 g/mol. The molecule has 0 bridgehead atoms. The molecule has 0 spiro atoms. The summed E-state index contributed by atoms with van der Waals surface area (Å²) in [5.74, 6) is 0.392. The van der Waals surface area contributed by atoms with Crippen molar-refractivity contribution in [3.05, 3.63) is 88.7 Å². The summed E-state index contributed by atoms with van der Waals surface area (Å²) in [5, 5.41) is 12.2. The highest BCUT2D eigenvalue weighted by Crippen LogP contribution is 2.31. The fraction of sp³-hybridized carbons (Fsp3) is 0.167. The maximum Gasteiger partial charge on any atom is 0.277 e. The number of methoxy groups -OCH3 is 1. The molecule has 2 heterocycles. The van der Waals surface area contributed by atoms with Crippen LogP contribution in [0.5, 0.6) is 5.75 Å². The number of benzene rings is 3. The summed E-state index contributed by atoms with van der Waals surface area (Å²) in [7, 11) is 7.24. The maximum absolute atomic E-state index is 13.4. The Bertz CT molecular complexity index is 1810. The van der Waals surface area contributed by atoms with Gasteiger partial charge in [0.25, 0.3) is 11.8 Å². The van der Waals surface area contributed by atoms with Gasteiger partial charge in [0.05, 0.1) is 28.7 Å². The van der Waals surface area contributed by atoms with Gasteiger partial charge >= 0.3 is 0 Å². The molecule has 0 aliphatic heterocycles. The van der Waals surface area contributed by atoms with Crippen molar-refractivity contribution in [1.29, 1.82) is 0 Å². The SMILES string of the molecule is COc1cc(CN(C)c2ncc(C(=O)NO)cn2)cc(C(=O)Nc2ccc(Cl)c(-c3nc4cc(N(C)C)ccc4[nH]3)c2)c1. The number of anilines is 3. The second kappa shape index (κ2) is 12.3. The molecular formula is C30H29ClN8O4. The average Bonchev–Trinajstić information content (AvgIpc) is 3.44. The molecule has 13 heteroatoms. The number of hydrogen-bond donors (Lipinski definition) is 4. The molecule has 0 saturated heterocycles. The molecule has 0 aliphatic carbocycles. The van der Waals surface area contributed by atoms with Crippen LogP contribution in [-0.4, -0.2) is 65.2 Å². The minimum Gasteiger partial charge on any atom is -0.497 e. The van der Waals surface area contributed by atoms with Crippen LogP contribution in [-0.2, 0) is 6.54 Å². The Labute approximate surface area is 252 Å². The number of nitrogens with one attached hydrogen (secondary N) is 3. The van der Waals surface area contributed by atoms with Crippen LogP contribution < -0.4 is 25.3 Å². The van der Waals surface area contributed by atoms with Gasteiger partial charge in [-0.2, -0.15) is 0 Å². The lowest BCUT2D eigenvalue weighted by molar-refractivity contribution is 0.0705. The van der Waals surface area contributed by atoms with E-state index in [9.17, 15) is 9.59 Å². The van der Waals surface area contributed by atoms with Crippen molar-refractivity contribution >= 4 is 51.8 Å². The van der Waals surface area contributed by atoms with Crippen LogP contribution in [0.25, 0.3) is 22.4 Å². The number of nitrogens with zero attached hydrogens (tertiary/aromatic N) is 5. The molecule has 0 unspecified atom stereocenters. The standard InChI is InChI=1S/C30H29ClN8O4/c1-38(2)21-6-8-25-26(13-21)36-27(35-25)23-12-20(5-7-24(23)31)34-28(40)18-9-17(10-22(11-18)43-4)16-39(3)30-32-14-19(15-33-30)29(41)37-42/h5-15,42H,16H2,1-4H3,(H,34,40)(H,35,36)(H,37,41). The molecule has 12 nitrogen and oxygen atoms in total. The number of halogens is 1. The van der Waals surface area contributed by atoms with Crippen molar-refractivity contribution in [3.8, 4) is 17.1 Å². The molecule has 0 fully saturated rings. The molecule has 0 atom stereocenters. The second-order valence-corrected chi connectivity index (χ2v) is 10.4. The zero-order chi connectivity index (χ0) is 30.7. The van der Waals surface area contributed by atoms with Crippen molar-refractivity contribution in [2.75, 3.05) is 43.4 Å². The van der Waals surface area contributed by atoms with E-state index < -0.39 is 5.91 Å². The summed E-state index contributed by atoms with van der Waals surface area (Å²) in [4.78, 5) is 45.1. The number of aromatic nitrogens is 4. The number of carbonyl (C=O) groups is 2. The van der Waals surface area contributed by atoms with Gasteiger partial charge in [-0.25, -0.2) is 20.4 Å². The van der Waals surface area contributed by atoms with Gasteiger partial charge in [0.15, 0.2) is 0 Å². The smallest absolute Gasteiger partial charge is 0.277 e. The third kappa shape index (κ3) is 6.50. The van der Waals surface area contributed by atoms with E-state index in [1.54, 1.807) is 47.8 Å².